The van der Waals surface area contributed by atoms with Gasteiger partial charge in [0, 0.05) is 44.3 Å². The Hall–Kier alpha value is -1.97. The third-order valence-electron chi connectivity index (χ3n) is 3.77. The lowest BCUT2D eigenvalue weighted by Crippen LogP contribution is -2.40. The van der Waals surface area contributed by atoms with Crippen molar-refractivity contribution in [2.75, 3.05) is 27.2 Å². The van der Waals surface area contributed by atoms with E-state index in [1.165, 1.54) is 29.3 Å². The van der Waals surface area contributed by atoms with E-state index in [0.29, 0.717) is 0 Å². The van der Waals surface area contributed by atoms with E-state index in [2.05, 4.69) is 64.6 Å². The summed E-state index contributed by atoms with van der Waals surface area (Å²) in [5, 5.41) is 4.76. The minimum Gasteiger partial charge on any atom is -0.361 e. The molecule has 1 heterocycles. The van der Waals surface area contributed by atoms with Gasteiger partial charge in [0.15, 0.2) is 5.96 Å². The predicted octanol–water partition coefficient (Wildman–Crippen LogP) is 3.02. The van der Waals surface area contributed by atoms with E-state index in [-0.39, 0.29) is 0 Å². The van der Waals surface area contributed by atoms with Crippen molar-refractivity contribution in [3.05, 3.63) is 36.0 Å². The molecule has 0 radical (unpaired) electrons. The molecule has 0 spiro atoms. The van der Waals surface area contributed by atoms with Crippen LogP contribution in [0.1, 0.15) is 25.3 Å². The lowest BCUT2D eigenvalue weighted by Gasteiger charge is -2.21. The molecule has 0 aliphatic heterocycles. The Labute approximate surface area is 127 Å². The molecule has 2 rings (SSSR count). The van der Waals surface area contributed by atoms with Crippen LogP contribution in [0.25, 0.3) is 10.9 Å². The summed E-state index contributed by atoms with van der Waals surface area (Å²) in [5.41, 5.74) is 2.56. The molecule has 0 saturated heterocycles. The normalized spacial score (nSPS) is 11.9. The summed E-state index contributed by atoms with van der Waals surface area (Å²) >= 11 is 0. The van der Waals surface area contributed by atoms with Crippen molar-refractivity contribution in [2.24, 2.45) is 4.99 Å². The van der Waals surface area contributed by atoms with Crippen LogP contribution in [-0.2, 0) is 6.42 Å². The monoisotopic (exact) mass is 286 g/mol. The van der Waals surface area contributed by atoms with E-state index in [9.17, 15) is 0 Å². The summed E-state index contributed by atoms with van der Waals surface area (Å²) in [5.74, 6) is 0.975. The van der Waals surface area contributed by atoms with Gasteiger partial charge in [-0.15, -0.1) is 0 Å². The first-order chi connectivity index (χ1) is 10.3. The first-order valence-corrected chi connectivity index (χ1v) is 7.73. The molecule has 1 aromatic carbocycles. The topological polar surface area (TPSA) is 43.4 Å². The molecule has 0 saturated carbocycles. The van der Waals surface area contributed by atoms with Gasteiger partial charge >= 0.3 is 0 Å². The first-order valence-electron chi connectivity index (χ1n) is 7.73. The van der Waals surface area contributed by atoms with Gasteiger partial charge in [-0.05, 0) is 24.5 Å². The molecular weight excluding hydrogens is 260 g/mol. The van der Waals surface area contributed by atoms with Gasteiger partial charge in [-0.2, -0.15) is 0 Å². The highest BCUT2D eigenvalue weighted by Gasteiger charge is 2.06. The average molecular weight is 286 g/mol. The van der Waals surface area contributed by atoms with Gasteiger partial charge in [-0.3, -0.25) is 4.99 Å². The van der Waals surface area contributed by atoms with Crippen LogP contribution in [0.5, 0.6) is 0 Å². The van der Waals surface area contributed by atoms with Gasteiger partial charge in [0.2, 0.25) is 0 Å². The number of nitrogens with one attached hydrogen (secondary N) is 2. The van der Waals surface area contributed by atoms with Crippen LogP contribution in [0.2, 0.25) is 0 Å². The number of benzene rings is 1. The van der Waals surface area contributed by atoms with Crippen LogP contribution in [0.4, 0.5) is 0 Å². The third kappa shape index (κ3) is 4.00. The lowest BCUT2D eigenvalue weighted by molar-refractivity contribution is 0.465. The highest BCUT2D eigenvalue weighted by atomic mass is 15.3. The summed E-state index contributed by atoms with van der Waals surface area (Å²) in [7, 11) is 3.94. The van der Waals surface area contributed by atoms with Crippen molar-refractivity contribution in [1.82, 2.24) is 15.2 Å². The second kappa shape index (κ2) is 7.72. The standard InChI is InChI=1S/C17H26N4/c1-4-5-12-21(3)17(18-2)19-11-10-14-13-20-16-9-7-6-8-15(14)16/h6-9,13,20H,4-5,10-12H2,1-3H3,(H,18,19). The number of fused-ring (bicyclic) bond motifs is 1. The number of nitrogens with zero attached hydrogens (tertiary/aromatic N) is 2. The summed E-state index contributed by atoms with van der Waals surface area (Å²) in [6, 6.07) is 8.43. The molecule has 0 amide bonds. The second-order valence-corrected chi connectivity index (χ2v) is 5.36. The molecule has 4 nitrogen and oxygen atoms in total. The molecule has 0 atom stereocenters. The van der Waals surface area contributed by atoms with Crippen LogP contribution < -0.4 is 5.32 Å². The fourth-order valence-corrected chi connectivity index (χ4v) is 2.53. The van der Waals surface area contributed by atoms with Gasteiger partial charge in [-0.1, -0.05) is 31.5 Å². The van der Waals surface area contributed by atoms with Crippen LogP contribution in [0.3, 0.4) is 0 Å². The number of aromatic nitrogens is 1. The third-order valence-corrected chi connectivity index (χ3v) is 3.77. The maximum absolute atomic E-state index is 4.35. The van der Waals surface area contributed by atoms with Gasteiger partial charge in [0.25, 0.3) is 0 Å². The van der Waals surface area contributed by atoms with Crippen molar-refractivity contribution < 1.29 is 0 Å². The number of rotatable bonds is 6. The van der Waals surface area contributed by atoms with Crippen LogP contribution >= 0.6 is 0 Å². The maximum atomic E-state index is 4.35. The highest BCUT2D eigenvalue weighted by molar-refractivity contribution is 5.83. The zero-order valence-corrected chi connectivity index (χ0v) is 13.3. The van der Waals surface area contributed by atoms with Gasteiger partial charge in [0.05, 0.1) is 0 Å². The van der Waals surface area contributed by atoms with Gasteiger partial charge in [-0.25, -0.2) is 0 Å². The van der Waals surface area contributed by atoms with E-state index < -0.39 is 0 Å². The van der Waals surface area contributed by atoms with Crippen molar-refractivity contribution >= 4 is 16.9 Å². The number of H-pyrrole nitrogens is 1. The fraction of sp³-hybridized carbons (Fsp3) is 0.471. The molecule has 0 unspecified atom stereocenters. The number of para-hydroxylation sites is 1. The van der Waals surface area contributed by atoms with Crippen molar-refractivity contribution in [3.63, 3.8) is 0 Å². The molecule has 0 aliphatic rings. The Morgan fingerprint density at radius 1 is 1.33 bits per heavy atom. The van der Waals surface area contributed by atoms with Crippen LogP contribution in [-0.4, -0.2) is 43.0 Å². The fourth-order valence-electron chi connectivity index (χ4n) is 2.53. The number of aromatic amines is 1. The number of guanidine groups is 1. The molecule has 4 heteroatoms. The van der Waals surface area contributed by atoms with Crippen molar-refractivity contribution in [1.29, 1.82) is 0 Å². The molecule has 21 heavy (non-hydrogen) atoms. The Kier molecular flexibility index (Phi) is 5.67. The average Bonchev–Trinajstić information content (AvgIpc) is 2.92. The molecule has 114 valence electrons. The van der Waals surface area contributed by atoms with Crippen LogP contribution in [0, 0.1) is 0 Å². The minimum absolute atomic E-state index is 0.894. The molecule has 0 aliphatic carbocycles. The largest absolute Gasteiger partial charge is 0.361 e. The number of hydrogen-bond acceptors (Lipinski definition) is 1. The zero-order valence-electron chi connectivity index (χ0n) is 13.3. The molecule has 2 aromatic rings. The predicted molar refractivity (Wildman–Crippen MR) is 90.9 cm³/mol. The molecule has 0 fully saturated rings. The molecule has 2 N–H and O–H groups in total. The van der Waals surface area contributed by atoms with E-state index in [4.69, 9.17) is 0 Å². The first kappa shape index (κ1) is 15.4. The number of hydrogen-bond donors (Lipinski definition) is 2. The van der Waals surface area contributed by atoms with Crippen molar-refractivity contribution in [2.45, 2.75) is 26.2 Å². The maximum Gasteiger partial charge on any atom is 0.193 e. The Morgan fingerprint density at radius 2 is 2.14 bits per heavy atom. The van der Waals surface area contributed by atoms with E-state index in [0.717, 1.165) is 25.5 Å². The SMILES string of the molecule is CCCCN(C)C(=NC)NCCc1c[nH]c2ccccc12. The zero-order chi connectivity index (χ0) is 15.1. The number of aliphatic imine (C=N–C) groups is 1. The summed E-state index contributed by atoms with van der Waals surface area (Å²) in [6.07, 6.45) is 5.50. The van der Waals surface area contributed by atoms with Gasteiger partial charge in [0.1, 0.15) is 0 Å². The number of unbranched alkanes of at least 4 members (excludes halogenated alkanes) is 1. The van der Waals surface area contributed by atoms with Gasteiger partial charge < -0.3 is 15.2 Å². The molecule has 1 aromatic heterocycles. The quantitative estimate of drug-likeness (QED) is 0.633. The highest BCUT2D eigenvalue weighted by Crippen LogP contribution is 2.17. The van der Waals surface area contributed by atoms with E-state index >= 15 is 0 Å². The molecule has 0 bridgehead atoms. The second-order valence-electron chi connectivity index (χ2n) is 5.36. The smallest absolute Gasteiger partial charge is 0.193 e. The minimum atomic E-state index is 0.894. The Balaban J connectivity index is 1.88. The van der Waals surface area contributed by atoms with E-state index in [1.54, 1.807) is 0 Å². The Bertz CT molecular complexity index is 585. The van der Waals surface area contributed by atoms with E-state index in [1.807, 2.05) is 7.05 Å². The summed E-state index contributed by atoms with van der Waals surface area (Å²) in [4.78, 5) is 9.86. The summed E-state index contributed by atoms with van der Waals surface area (Å²) < 4.78 is 0. The molecular formula is C17H26N4. The lowest BCUT2D eigenvalue weighted by atomic mass is 10.1. The van der Waals surface area contributed by atoms with Crippen molar-refractivity contribution in [3.8, 4) is 0 Å². The summed E-state index contributed by atoms with van der Waals surface area (Å²) in [6.45, 7) is 4.15. The Morgan fingerprint density at radius 3 is 2.90 bits per heavy atom. The van der Waals surface area contributed by atoms with Crippen LogP contribution in [0.15, 0.2) is 35.5 Å².